The lowest BCUT2D eigenvalue weighted by atomic mass is 10.1. The summed E-state index contributed by atoms with van der Waals surface area (Å²) in [6.07, 6.45) is 4.97. The second-order valence-corrected chi connectivity index (χ2v) is 11.7. The normalized spacial score (nSPS) is 15.0. The summed E-state index contributed by atoms with van der Waals surface area (Å²) in [5, 5.41) is 3.88. The largest absolute Gasteiger partial charge is 0.352 e. The summed E-state index contributed by atoms with van der Waals surface area (Å²) in [6.45, 7) is 3.03. The molecule has 0 aromatic heterocycles. The lowest BCUT2D eigenvalue weighted by Gasteiger charge is -2.32. The van der Waals surface area contributed by atoms with Crippen molar-refractivity contribution in [3.8, 4) is 0 Å². The molecule has 3 rings (SSSR count). The minimum atomic E-state index is -3.82. The predicted molar refractivity (Wildman–Crippen MR) is 140 cm³/mol. The number of aryl methyl sites for hydroxylation is 1. The molecule has 0 heterocycles. The Balaban J connectivity index is 1.90. The molecule has 190 valence electrons. The van der Waals surface area contributed by atoms with Crippen molar-refractivity contribution >= 4 is 50.7 Å². The van der Waals surface area contributed by atoms with Gasteiger partial charge in [0.05, 0.1) is 11.9 Å². The quantitative estimate of drug-likeness (QED) is 0.506. The highest BCUT2D eigenvalue weighted by atomic mass is 35.5. The van der Waals surface area contributed by atoms with Gasteiger partial charge in [-0.3, -0.25) is 13.9 Å². The molecule has 0 saturated heterocycles. The summed E-state index contributed by atoms with van der Waals surface area (Å²) in [5.41, 5.74) is 1.72. The van der Waals surface area contributed by atoms with Gasteiger partial charge < -0.3 is 10.2 Å². The van der Waals surface area contributed by atoms with Gasteiger partial charge in [0, 0.05) is 22.6 Å². The monoisotopic (exact) mass is 539 g/mol. The first-order valence-electron chi connectivity index (χ1n) is 11.5. The number of benzene rings is 2. The average molecular weight is 541 g/mol. The van der Waals surface area contributed by atoms with Crippen molar-refractivity contribution in [2.24, 2.45) is 0 Å². The lowest BCUT2D eigenvalue weighted by Crippen LogP contribution is -2.52. The van der Waals surface area contributed by atoms with Gasteiger partial charge in [-0.25, -0.2) is 8.42 Å². The highest BCUT2D eigenvalue weighted by Gasteiger charge is 2.31. The van der Waals surface area contributed by atoms with E-state index in [-0.39, 0.29) is 24.2 Å². The Kier molecular flexibility index (Phi) is 9.07. The van der Waals surface area contributed by atoms with E-state index in [0.717, 1.165) is 41.8 Å². The van der Waals surface area contributed by atoms with E-state index in [9.17, 15) is 18.0 Å². The number of hydrogen-bond donors (Lipinski definition) is 1. The second kappa shape index (κ2) is 11.6. The average Bonchev–Trinajstić information content (AvgIpc) is 3.30. The Hall–Kier alpha value is -2.29. The molecule has 0 aliphatic heterocycles. The minimum absolute atomic E-state index is 0.0595. The van der Waals surface area contributed by atoms with Crippen molar-refractivity contribution in [2.75, 3.05) is 17.1 Å². The Bertz CT molecular complexity index is 1180. The van der Waals surface area contributed by atoms with E-state index in [0.29, 0.717) is 15.6 Å². The van der Waals surface area contributed by atoms with Crippen molar-refractivity contribution in [2.45, 2.75) is 58.2 Å². The molecular weight excluding hydrogens is 509 g/mol. The Morgan fingerprint density at radius 2 is 1.74 bits per heavy atom. The van der Waals surface area contributed by atoms with E-state index >= 15 is 0 Å². The zero-order valence-corrected chi connectivity index (χ0v) is 22.5. The third-order valence-corrected chi connectivity index (χ3v) is 8.21. The topological polar surface area (TPSA) is 86.8 Å². The van der Waals surface area contributed by atoms with Gasteiger partial charge in [0.25, 0.3) is 0 Å². The Labute approximate surface area is 217 Å². The molecule has 0 radical (unpaired) electrons. The first kappa shape index (κ1) is 27.3. The van der Waals surface area contributed by atoms with Crippen LogP contribution in [-0.2, 0) is 26.2 Å². The van der Waals surface area contributed by atoms with Gasteiger partial charge in [-0.15, -0.1) is 0 Å². The standard InChI is InChI=1S/C25H31Cl2N3O4S/c1-17-12-13-21(14-23(17)27)30(35(3,33)34)16-24(31)29(15-19-8-4-7-11-22(19)26)18(2)25(32)28-20-9-5-6-10-20/h4,7-8,11-14,18,20H,5-6,9-10,15-16H2,1-3H3,(H,28,32)/t18-/m1/s1. The molecule has 1 aliphatic carbocycles. The SMILES string of the molecule is Cc1ccc(N(CC(=O)N(Cc2ccccc2Cl)[C@H](C)C(=O)NC2CCCC2)S(C)(=O)=O)cc1Cl. The van der Waals surface area contributed by atoms with Crippen LogP contribution < -0.4 is 9.62 Å². The Morgan fingerprint density at radius 3 is 2.34 bits per heavy atom. The number of halogens is 2. The third kappa shape index (κ3) is 7.12. The molecule has 1 fully saturated rings. The van der Waals surface area contributed by atoms with Gasteiger partial charge in [-0.2, -0.15) is 0 Å². The van der Waals surface area contributed by atoms with Gasteiger partial charge in [0.2, 0.25) is 21.8 Å². The van der Waals surface area contributed by atoms with E-state index < -0.39 is 28.5 Å². The maximum Gasteiger partial charge on any atom is 0.244 e. The summed E-state index contributed by atoms with van der Waals surface area (Å²) in [6, 6.07) is 11.1. The molecule has 1 N–H and O–H groups in total. The van der Waals surface area contributed by atoms with E-state index in [1.54, 1.807) is 50.2 Å². The van der Waals surface area contributed by atoms with Crippen LogP contribution in [0.2, 0.25) is 10.0 Å². The molecule has 35 heavy (non-hydrogen) atoms. The molecule has 1 saturated carbocycles. The van der Waals surface area contributed by atoms with Crippen molar-refractivity contribution < 1.29 is 18.0 Å². The number of anilines is 1. The van der Waals surface area contributed by atoms with Crippen molar-refractivity contribution in [1.82, 2.24) is 10.2 Å². The highest BCUT2D eigenvalue weighted by molar-refractivity contribution is 7.92. The van der Waals surface area contributed by atoms with Crippen molar-refractivity contribution in [3.05, 3.63) is 63.6 Å². The maximum atomic E-state index is 13.6. The van der Waals surface area contributed by atoms with Gasteiger partial charge in [0.1, 0.15) is 12.6 Å². The smallest absolute Gasteiger partial charge is 0.244 e. The summed E-state index contributed by atoms with van der Waals surface area (Å²) in [4.78, 5) is 28.0. The van der Waals surface area contributed by atoms with Gasteiger partial charge in [-0.1, -0.05) is 60.3 Å². The zero-order chi connectivity index (χ0) is 25.8. The van der Waals surface area contributed by atoms with Crippen LogP contribution in [0.1, 0.15) is 43.7 Å². The summed E-state index contributed by atoms with van der Waals surface area (Å²) < 4.78 is 26.3. The van der Waals surface area contributed by atoms with Gasteiger partial charge in [-0.05, 0) is 56.0 Å². The fourth-order valence-corrected chi connectivity index (χ4v) is 5.35. The number of amides is 2. The first-order chi connectivity index (χ1) is 16.5. The second-order valence-electron chi connectivity index (χ2n) is 8.98. The van der Waals surface area contributed by atoms with E-state index in [1.165, 1.54) is 11.0 Å². The first-order valence-corrected chi connectivity index (χ1v) is 14.1. The number of nitrogens with one attached hydrogen (secondary N) is 1. The minimum Gasteiger partial charge on any atom is -0.352 e. The van der Waals surface area contributed by atoms with E-state index in [4.69, 9.17) is 23.2 Å². The van der Waals surface area contributed by atoms with Crippen molar-refractivity contribution in [1.29, 1.82) is 0 Å². The fraction of sp³-hybridized carbons (Fsp3) is 0.440. The molecule has 2 amide bonds. The molecule has 7 nitrogen and oxygen atoms in total. The highest BCUT2D eigenvalue weighted by Crippen LogP contribution is 2.26. The van der Waals surface area contributed by atoms with Crippen molar-refractivity contribution in [3.63, 3.8) is 0 Å². The number of carbonyl (C=O) groups excluding carboxylic acids is 2. The van der Waals surface area contributed by atoms with Crippen LogP contribution in [0, 0.1) is 6.92 Å². The zero-order valence-electron chi connectivity index (χ0n) is 20.1. The summed E-state index contributed by atoms with van der Waals surface area (Å²) in [5.74, 6) is -0.803. The van der Waals surface area contributed by atoms with E-state index in [2.05, 4.69) is 5.32 Å². The maximum absolute atomic E-state index is 13.6. The fourth-order valence-electron chi connectivity index (χ4n) is 4.14. The van der Waals surface area contributed by atoms with E-state index in [1.807, 2.05) is 0 Å². The number of sulfonamides is 1. The van der Waals surface area contributed by atoms with Crippen LogP contribution in [0.3, 0.4) is 0 Å². The van der Waals surface area contributed by atoms with Crippen LogP contribution in [-0.4, -0.2) is 50.0 Å². The number of rotatable bonds is 9. The summed E-state index contributed by atoms with van der Waals surface area (Å²) in [7, 11) is -3.82. The van der Waals surface area contributed by atoms with Crippen LogP contribution in [0.5, 0.6) is 0 Å². The molecule has 2 aromatic carbocycles. The van der Waals surface area contributed by atoms with Gasteiger partial charge in [0.15, 0.2) is 0 Å². The van der Waals surface area contributed by atoms with Crippen LogP contribution in [0.15, 0.2) is 42.5 Å². The lowest BCUT2D eigenvalue weighted by molar-refractivity contribution is -0.139. The number of nitrogens with zero attached hydrogens (tertiary/aromatic N) is 2. The Morgan fingerprint density at radius 1 is 1.09 bits per heavy atom. The predicted octanol–water partition coefficient (Wildman–Crippen LogP) is 4.54. The molecule has 10 heteroatoms. The third-order valence-electron chi connectivity index (χ3n) is 6.29. The molecule has 0 spiro atoms. The molecular formula is C25H31Cl2N3O4S. The summed E-state index contributed by atoms with van der Waals surface area (Å²) >= 11 is 12.6. The van der Waals surface area contributed by atoms with Gasteiger partial charge >= 0.3 is 0 Å². The molecule has 0 bridgehead atoms. The van der Waals surface area contributed by atoms with Crippen LogP contribution in [0.4, 0.5) is 5.69 Å². The van der Waals surface area contributed by atoms with Crippen LogP contribution in [0.25, 0.3) is 0 Å². The molecule has 1 atom stereocenters. The van der Waals surface area contributed by atoms with Crippen LogP contribution >= 0.6 is 23.2 Å². The molecule has 1 aliphatic rings. The molecule has 2 aromatic rings. The molecule has 0 unspecified atom stereocenters. The number of hydrogen-bond acceptors (Lipinski definition) is 4. The number of carbonyl (C=O) groups is 2.